The molecule has 1 fully saturated rings. The molecular formula is C14H19N3O4. The van der Waals surface area contributed by atoms with Crippen LogP contribution in [0.2, 0.25) is 0 Å². The zero-order valence-electron chi connectivity index (χ0n) is 12.4. The van der Waals surface area contributed by atoms with E-state index >= 15 is 0 Å². The predicted molar refractivity (Wildman–Crippen MR) is 73.5 cm³/mol. The zero-order chi connectivity index (χ0) is 15.5. The summed E-state index contributed by atoms with van der Waals surface area (Å²) < 4.78 is 10.7. The average Bonchev–Trinajstić information content (AvgIpc) is 2.86. The van der Waals surface area contributed by atoms with Crippen molar-refractivity contribution in [1.82, 2.24) is 14.9 Å². The van der Waals surface area contributed by atoms with E-state index in [1.165, 1.54) is 6.92 Å². The molecule has 1 aromatic heterocycles. The number of aromatic nitrogens is 2. The number of carbonyl (C=O) groups is 2. The first-order chi connectivity index (χ1) is 9.88. The number of carbonyl (C=O) groups excluding carboxylic acids is 2. The molecule has 0 unspecified atom stereocenters. The average molecular weight is 293 g/mol. The minimum atomic E-state index is -1.16. The van der Waals surface area contributed by atoms with Crippen LogP contribution in [-0.4, -0.2) is 51.5 Å². The number of esters is 1. The van der Waals surface area contributed by atoms with E-state index in [1.807, 2.05) is 0 Å². The summed E-state index contributed by atoms with van der Waals surface area (Å²) in [4.78, 5) is 33.0. The van der Waals surface area contributed by atoms with Gasteiger partial charge in [0.2, 0.25) is 0 Å². The molecule has 7 nitrogen and oxygen atoms in total. The van der Waals surface area contributed by atoms with Gasteiger partial charge in [-0.1, -0.05) is 0 Å². The quantitative estimate of drug-likeness (QED) is 0.764. The number of ether oxygens (including phenoxy) is 2. The Bertz CT molecular complexity index is 518. The molecule has 0 N–H and O–H groups in total. The van der Waals surface area contributed by atoms with Crippen LogP contribution in [0.25, 0.3) is 0 Å². The molecule has 2 rings (SSSR count). The Morgan fingerprint density at radius 3 is 2.62 bits per heavy atom. The van der Waals surface area contributed by atoms with Gasteiger partial charge in [-0.15, -0.1) is 0 Å². The minimum absolute atomic E-state index is 0.149. The summed E-state index contributed by atoms with van der Waals surface area (Å²) in [5.74, 6) is -0.698. The molecule has 1 atom stereocenters. The lowest BCUT2D eigenvalue weighted by atomic mass is 10.1. The van der Waals surface area contributed by atoms with Crippen LogP contribution in [0.3, 0.4) is 0 Å². The highest BCUT2D eigenvalue weighted by atomic mass is 16.6. The predicted octanol–water partition coefficient (Wildman–Crippen LogP) is 0.798. The largest absolute Gasteiger partial charge is 0.458 e. The molecule has 1 amide bonds. The smallest absolute Gasteiger partial charge is 0.316 e. The Labute approximate surface area is 123 Å². The summed E-state index contributed by atoms with van der Waals surface area (Å²) in [6, 6.07) is 2.01. The van der Waals surface area contributed by atoms with Gasteiger partial charge in [-0.25, -0.2) is 9.97 Å². The number of likely N-dealkylation sites (tertiary alicyclic amines) is 1. The molecular weight excluding hydrogens is 274 g/mol. The van der Waals surface area contributed by atoms with E-state index in [0.717, 1.165) is 0 Å². The van der Waals surface area contributed by atoms with Crippen LogP contribution in [-0.2, 0) is 14.3 Å². The molecule has 7 heteroatoms. The van der Waals surface area contributed by atoms with Gasteiger partial charge in [0.25, 0.3) is 5.91 Å². The van der Waals surface area contributed by atoms with Gasteiger partial charge in [0.05, 0.1) is 6.54 Å². The molecule has 0 aromatic carbocycles. The summed E-state index contributed by atoms with van der Waals surface area (Å²) >= 11 is 0. The molecule has 1 aliphatic heterocycles. The van der Waals surface area contributed by atoms with E-state index in [4.69, 9.17) is 9.47 Å². The molecule has 0 radical (unpaired) electrons. The molecule has 0 aliphatic carbocycles. The first kappa shape index (κ1) is 15.2. The lowest BCUT2D eigenvalue weighted by molar-refractivity contribution is -0.168. The summed E-state index contributed by atoms with van der Waals surface area (Å²) in [6.07, 6.45) is 3.75. The number of hydrogen-bond acceptors (Lipinski definition) is 6. The summed E-state index contributed by atoms with van der Waals surface area (Å²) in [6.45, 7) is 5.46. The lowest BCUT2D eigenvalue weighted by Gasteiger charge is -2.28. The van der Waals surface area contributed by atoms with Gasteiger partial charge in [-0.05, 0) is 19.9 Å². The van der Waals surface area contributed by atoms with Gasteiger partial charge >= 0.3 is 12.0 Å². The third-order valence-electron chi connectivity index (χ3n) is 3.16. The Hall–Kier alpha value is -2.18. The number of hydrogen-bond donors (Lipinski definition) is 0. The van der Waals surface area contributed by atoms with Gasteiger partial charge in [-0.2, -0.15) is 0 Å². The fraction of sp³-hybridized carbons (Fsp3) is 0.571. The molecule has 1 aliphatic rings. The van der Waals surface area contributed by atoms with Crippen molar-refractivity contribution in [3.05, 3.63) is 18.5 Å². The Morgan fingerprint density at radius 1 is 1.33 bits per heavy atom. The first-order valence-electron chi connectivity index (χ1n) is 6.81. The highest BCUT2D eigenvalue weighted by Crippen LogP contribution is 2.20. The SMILES string of the molecule is CC(=O)OC(C)(C)C(=O)N1CC[C@@H](Oc2ncccn2)C1. The third-order valence-corrected chi connectivity index (χ3v) is 3.16. The van der Waals surface area contributed by atoms with Crippen molar-refractivity contribution in [3.63, 3.8) is 0 Å². The third kappa shape index (κ3) is 3.90. The highest BCUT2D eigenvalue weighted by Gasteiger charge is 2.39. The van der Waals surface area contributed by atoms with Crippen molar-refractivity contribution >= 4 is 11.9 Å². The standard InChI is InChI=1S/C14H19N3O4/c1-10(18)21-14(2,3)12(19)17-8-5-11(9-17)20-13-15-6-4-7-16-13/h4,6-7,11H,5,8-9H2,1-3H3/t11-/m1/s1. The number of rotatable bonds is 4. The number of nitrogens with zero attached hydrogens (tertiary/aromatic N) is 3. The maximum atomic E-state index is 12.4. The molecule has 2 heterocycles. The lowest BCUT2D eigenvalue weighted by Crippen LogP contribution is -2.47. The van der Waals surface area contributed by atoms with Gasteiger partial charge < -0.3 is 14.4 Å². The van der Waals surface area contributed by atoms with E-state index in [-0.39, 0.29) is 12.0 Å². The van der Waals surface area contributed by atoms with Crippen LogP contribution in [0.1, 0.15) is 27.2 Å². The van der Waals surface area contributed by atoms with Gasteiger partial charge in [-0.3, -0.25) is 9.59 Å². The monoisotopic (exact) mass is 293 g/mol. The molecule has 0 bridgehead atoms. The topological polar surface area (TPSA) is 81.6 Å². The maximum absolute atomic E-state index is 12.4. The highest BCUT2D eigenvalue weighted by molar-refractivity contribution is 5.87. The molecule has 21 heavy (non-hydrogen) atoms. The van der Waals surface area contributed by atoms with Gasteiger partial charge in [0.1, 0.15) is 6.10 Å². The van der Waals surface area contributed by atoms with Crippen molar-refractivity contribution in [1.29, 1.82) is 0 Å². The van der Waals surface area contributed by atoms with Crippen LogP contribution < -0.4 is 4.74 Å². The van der Waals surface area contributed by atoms with E-state index in [1.54, 1.807) is 37.2 Å². The fourth-order valence-corrected chi connectivity index (χ4v) is 2.29. The Balaban J connectivity index is 1.93. The molecule has 1 saturated heterocycles. The van der Waals surface area contributed by atoms with Crippen molar-refractivity contribution in [2.24, 2.45) is 0 Å². The van der Waals surface area contributed by atoms with Crippen molar-refractivity contribution in [2.45, 2.75) is 38.9 Å². The second-order valence-corrected chi connectivity index (χ2v) is 5.42. The second kappa shape index (κ2) is 6.07. The van der Waals surface area contributed by atoms with E-state index in [9.17, 15) is 9.59 Å². The second-order valence-electron chi connectivity index (χ2n) is 5.42. The van der Waals surface area contributed by atoms with Crippen LogP contribution in [0.15, 0.2) is 18.5 Å². The van der Waals surface area contributed by atoms with Crippen molar-refractivity contribution in [2.75, 3.05) is 13.1 Å². The summed E-state index contributed by atoms with van der Waals surface area (Å²) in [5.41, 5.74) is -1.16. The van der Waals surface area contributed by atoms with Gasteiger partial charge in [0, 0.05) is 32.3 Å². The summed E-state index contributed by atoms with van der Waals surface area (Å²) in [5, 5.41) is 0. The molecule has 1 aromatic rings. The summed E-state index contributed by atoms with van der Waals surface area (Å²) in [7, 11) is 0. The van der Waals surface area contributed by atoms with Crippen molar-refractivity contribution in [3.8, 4) is 6.01 Å². The molecule has 0 spiro atoms. The Kier molecular flexibility index (Phi) is 4.40. The van der Waals surface area contributed by atoms with E-state index in [2.05, 4.69) is 9.97 Å². The van der Waals surface area contributed by atoms with Gasteiger partial charge in [0.15, 0.2) is 5.60 Å². The van der Waals surface area contributed by atoms with Crippen molar-refractivity contribution < 1.29 is 19.1 Å². The van der Waals surface area contributed by atoms with E-state index in [0.29, 0.717) is 25.5 Å². The molecule has 0 saturated carbocycles. The minimum Gasteiger partial charge on any atom is -0.458 e. The Morgan fingerprint density at radius 2 is 2.00 bits per heavy atom. The fourth-order valence-electron chi connectivity index (χ4n) is 2.29. The van der Waals surface area contributed by atoms with Crippen LogP contribution in [0, 0.1) is 0 Å². The maximum Gasteiger partial charge on any atom is 0.316 e. The zero-order valence-corrected chi connectivity index (χ0v) is 12.4. The van der Waals surface area contributed by atoms with Crippen LogP contribution in [0.5, 0.6) is 6.01 Å². The number of amides is 1. The molecule has 114 valence electrons. The normalized spacial score (nSPS) is 18.4. The first-order valence-corrected chi connectivity index (χ1v) is 6.81. The van der Waals surface area contributed by atoms with Crippen LogP contribution >= 0.6 is 0 Å². The van der Waals surface area contributed by atoms with E-state index < -0.39 is 11.6 Å². The van der Waals surface area contributed by atoms with Crippen LogP contribution in [0.4, 0.5) is 0 Å².